The van der Waals surface area contributed by atoms with E-state index in [1.807, 2.05) is 67.4 Å². The SMILES string of the molecule is CC(c1cccc(-c2[c-]cc(F)cc2F)n1)c1cccc(N(C)c2[c-]cccc2)n1.[Ir]. The number of para-hydroxylation sites is 1. The fourth-order valence-electron chi connectivity index (χ4n) is 3.21. The first kappa shape index (κ1) is 22.7. The molecule has 159 valence electrons. The number of benzene rings is 2. The zero-order valence-electron chi connectivity index (χ0n) is 16.9. The Morgan fingerprint density at radius 3 is 2.35 bits per heavy atom. The molecule has 4 aromatic rings. The molecule has 4 rings (SSSR count). The maximum Gasteiger partial charge on any atom is 0.131 e. The van der Waals surface area contributed by atoms with Crippen LogP contribution in [0.15, 0.2) is 72.8 Å². The van der Waals surface area contributed by atoms with Crippen molar-refractivity contribution in [1.82, 2.24) is 9.97 Å². The van der Waals surface area contributed by atoms with Gasteiger partial charge in [-0.1, -0.05) is 42.4 Å². The molecule has 6 heteroatoms. The van der Waals surface area contributed by atoms with E-state index in [4.69, 9.17) is 4.98 Å². The van der Waals surface area contributed by atoms with Gasteiger partial charge in [0.05, 0.1) is 5.69 Å². The van der Waals surface area contributed by atoms with Crippen LogP contribution < -0.4 is 4.90 Å². The summed E-state index contributed by atoms with van der Waals surface area (Å²) in [6, 6.07) is 26.7. The summed E-state index contributed by atoms with van der Waals surface area (Å²) in [5.74, 6) is -0.688. The Labute approximate surface area is 194 Å². The van der Waals surface area contributed by atoms with Crippen LogP contribution in [-0.2, 0) is 20.1 Å². The monoisotopic (exact) mass is 592 g/mol. The Balaban J connectivity index is 0.00000272. The van der Waals surface area contributed by atoms with E-state index in [1.165, 1.54) is 0 Å². The second-order valence-corrected chi connectivity index (χ2v) is 6.94. The van der Waals surface area contributed by atoms with Gasteiger partial charge >= 0.3 is 0 Å². The van der Waals surface area contributed by atoms with E-state index in [2.05, 4.69) is 17.1 Å². The van der Waals surface area contributed by atoms with Crippen molar-refractivity contribution in [3.63, 3.8) is 0 Å². The molecular weight excluding hydrogens is 573 g/mol. The van der Waals surface area contributed by atoms with Crippen LogP contribution in [0.5, 0.6) is 0 Å². The predicted molar refractivity (Wildman–Crippen MR) is 114 cm³/mol. The van der Waals surface area contributed by atoms with E-state index in [-0.39, 0.29) is 31.6 Å². The fraction of sp³-hybridized carbons (Fsp3) is 0.120. The minimum atomic E-state index is -0.687. The van der Waals surface area contributed by atoms with Crippen LogP contribution in [0.25, 0.3) is 11.3 Å². The molecule has 31 heavy (non-hydrogen) atoms. The zero-order valence-corrected chi connectivity index (χ0v) is 19.3. The molecule has 1 atom stereocenters. The van der Waals surface area contributed by atoms with Gasteiger partial charge in [0.1, 0.15) is 5.82 Å². The van der Waals surface area contributed by atoms with Gasteiger partial charge in [0.25, 0.3) is 0 Å². The van der Waals surface area contributed by atoms with Gasteiger partial charge in [0, 0.05) is 50.4 Å². The van der Waals surface area contributed by atoms with Gasteiger partial charge in [-0.3, -0.25) is 8.78 Å². The maximum absolute atomic E-state index is 14.2. The third-order valence-electron chi connectivity index (χ3n) is 4.93. The van der Waals surface area contributed by atoms with Crippen molar-refractivity contribution in [2.24, 2.45) is 0 Å². The van der Waals surface area contributed by atoms with Crippen LogP contribution in [0.1, 0.15) is 24.2 Å². The van der Waals surface area contributed by atoms with Crippen LogP contribution in [0, 0.1) is 23.8 Å². The molecule has 0 bridgehead atoms. The molecule has 0 fully saturated rings. The van der Waals surface area contributed by atoms with E-state index >= 15 is 0 Å². The summed E-state index contributed by atoms with van der Waals surface area (Å²) >= 11 is 0. The van der Waals surface area contributed by atoms with Crippen molar-refractivity contribution in [1.29, 1.82) is 0 Å². The molecule has 0 saturated carbocycles. The van der Waals surface area contributed by atoms with E-state index in [0.717, 1.165) is 35.0 Å². The number of hydrogen-bond donors (Lipinski definition) is 0. The van der Waals surface area contributed by atoms with E-state index in [0.29, 0.717) is 5.69 Å². The van der Waals surface area contributed by atoms with Crippen LogP contribution in [0.4, 0.5) is 20.3 Å². The topological polar surface area (TPSA) is 29.0 Å². The molecule has 2 aromatic heterocycles. The van der Waals surface area contributed by atoms with Gasteiger partial charge in [0.2, 0.25) is 0 Å². The number of nitrogens with zero attached hydrogens (tertiary/aromatic N) is 3. The van der Waals surface area contributed by atoms with Gasteiger partial charge in [0.15, 0.2) is 0 Å². The molecule has 1 unspecified atom stereocenters. The third kappa shape index (κ3) is 5.04. The van der Waals surface area contributed by atoms with E-state index < -0.39 is 11.6 Å². The van der Waals surface area contributed by atoms with Crippen LogP contribution in [0.2, 0.25) is 0 Å². The Kier molecular flexibility index (Phi) is 7.26. The first-order valence-corrected chi connectivity index (χ1v) is 9.54. The summed E-state index contributed by atoms with van der Waals surface area (Å²) in [5.41, 5.74) is 3.04. The first-order valence-electron chi connectivity index (χ1n) is 9.54. The average molecular weight is 592 g/mol. The molecule has 2 heterocycles. The molecule has 0 aliphatic heterocycles. The quantitative estimate of drug-likeness (QED) is 0.269. The molecule has 0 aliphatic rings. The Morgan fingerprint density at radius 1 is 0.903 bits per heavy atom. The number of anilines is 2. The molecule has 3 nitrogen and oxygen atoms in total. The Hall–Kier alpha value is -2.95. The largest absolute Gasteiger partial charge is 0.353 e. The Morgan fingerprint density at radius 2 is 1.65 bits per heavy atom. The van der Waals surface area contributed by atoms with Crippen molar-refractivity contribution in [2.45, 2.75) is 12.8 Å². The smallest absolute Gasteiger partial charge is 0.131 e. The van der Waals surface area contributed by atoms with Crippen molar-refractivity contribution in [3.05, 3.63) is 108 Å². The molecule has 0 N–H and O–H groups in total. The van der Waals surface area contributed by atoms with Gasteiger partial charge in [-0.15, -0.1) is 18.2 Å². The van der Waals surface area contributed by atoms with Crippen LogP contribution in [-0.4, -0.2) is 17.0 Å². The van der Waals surface area contributed by atoms with Crippen molar-refractivity contribution >= 4 is 11.5 Å². The molecular formula is C25H19F2IrN3-2. The molecule has 1 radical (unpaired) electrons. The second-order valence-electron chi connectivity index (χ2n) is 6.94. The molecule has 0 amide bonds. The summed E-state index contributed by atoms with van der Waals surface area (Å²) in [4.78, 5) is 11.3. The number of hydrogen-bond acceptors (Lipinski definition) is 3. The van der Waals surface area contributed by atoms with Gasteiger partial charge in [-0.05, 0) is 23.9 Å². The number of aromatic nitrogens is 2. The second kappa shape index (κ2) is 9.90. The average Bonchev–Trinajstić information content (AvgIpc) is 2.79. The molecule has 0 aliphatic carbocycles. The van der Waals surface area contributed by atoms with Crippen LogP contribution in [0.3, 0.4) is 0 Å². The van der Waals surface area contributed by atoms with Gasteiger partial charge in [-0.2, -0.15) is 24.3 Å². The van der Waals surface area contributed by atoms with Crippen LogP contribution >= 0.6 is 0 Å². The van der Waals surface area contributed by atoms with Crippen molar-refractivity contribution in [3.8, 4) is 11.3 Å². The third-order valence-corrected chi connectivity index (χ3v) is 4.93. The van der Waals surface area contributed by atoms with Gasteiger partial charge in [-0.25, -0.2) is 4.98 Å². The summed E-state index contributed by atoms with van der Waals surface area (Å²) in [5, 5.41) is 0. The zero-order chi connectivity index (χ0) is 21.1. The predicted octanol–water partition coefficient (Wildman–Crippen LogP) is 5.94. The summed E-state index contributed by atoms with van der Waals surface area (Å²) in [7, 11) is 1.94. The van der Waals surface area contributed by atoms with E-state index in [9.17, 15) is 8.78 Å². The number of pyridine rings is 2. The first-order chi connectivity index (χ1) is 14.5. The van der Waals surface area contributed by atoms with Crippen molar-refractivity contribution < 1.29 is 28.9 Å². The molecule has 0 saturated heterocycles. The normalized spacial score (nSPS) is 11.5. The summed E-state index contributed by atoms with van der Waals surface area (Å²) < 4.78 is 27.4. The maximum atomic E-state index is 14.2. The molecule has 2 aromatic carbocycles. The Bertz CT molecular complexity index is 1170. The molecule has 0 spiro atoms. The fourth-order valence-corrected chi connectivity index (χ4v) is 3.21. The number of rotatable bonds is 5. The number of halogens is 2. The minimum Gasteiger partial charge on any atom is -0.353 e. The minimum absolute atomic E-state index is 0. The summed E-state index contributed by atoms with van der Waals surface area (Å²) in [6.07, 6.45) is 0. The standard InChI is InChI=1S/C25H19F2N3.Ir/c1-17(22-10-6-12-24(28-22)20-15-14-18(26)16-21(20)27)23-11-7-13-25(29-23)30(2)19-8-4-3-5-9-19;/h3-8,10-14,16-17H,1-2H3;/q-2;. The van der Waals surface area contributed by atoms with Gasteiger partial charge < -0.3 is 9.88 Å². The summed E-state index contributed by atoms with van der Waals surface area (Å²) in [6.45, 7) is 2.00. The van der Waals surface area contributed by atoms with Crippen molar-refractivity contribution in [2.75, 3.05) is 11.9 Å². The van der Waals surface area contributed by atoms with E-state index in [1.54, 1.807) is 12.1 Å².